The Morgan fingerprint density at radius 3 is 1.56 bits per heavy atom. The Kier molecular flexibility index (Phi) is 45.5. The summed E-state index contributed by atoms with van der Waals surface area (Å²) in [5.41, 5.74) is 0. The van der Waals surface area contributed by atoms with E-state index >= 15 is 0 Å². The molecule has 2 N–H and O–H groups in total. The van der Waals surface area contributed by atoms with Crippen molar-refractivity contribution in [3.63, 3.8) is 0 Å². The molecule has 0 fully saturated rings. The molecular weight excluding hydrogens is 282 g/mol. The summed E-state index contributed by atoms with van der Waals surface area (Å²) in [6.45, 7) is 5.68. The van der Waals surface area contributed by atoms with Crippen LogP contribution in [-0.4, -0.2) is 40.2 Å². The highest BCUT2D eigenvalue weighted by Crippen LogP contribution is 2.03. The van der Waals surface area contributed by atoms with Crippen LogP contribution < -0.4 is 0 Å². The van der Waals surface area contributed by atoms with E-state index in [-0.39, 0.29) is 6.61 Å². The van der Waals surface area contributed by atoms with Gasteiger partial charge in [-0.25, -0.2) is 0 Å². The molecule has 0 bridgehead atoms. The van der Waals surface area contributed by atoms with Crippen molar-refractivity contribution in [1.29, 1.82) is 0 Å². The van der Waals surface area contributed by atoms with Gasteiger partial charge in [0, 0.05) is 13.5 Å². The molecule has 8 heteroatoms. The maximum Gasteiger partial charge on any atom is 0.300 e. The van der Waals surface area contributed by atoms with E-state index in [1.807, 2.05) is 0 Å². The summed E-state index contributed by atoms with van der Waals surface area (Å²) in [5.74, 6) is -0.833. The molecule has 0 atom stereocenters. The number of aliphatic hydroxyl groups is 1. The van der Waals surface area contributed by atoms with Gasteiger partial charge in [0.2, 0.25) is 0 Å². The average molecular weight is 300 g/mol. The fourth-order valence-electron chi connectivity index (χ4n) is 0.0680. The predicted octanol–water partition coefficient (Wildman–Crippen LogP) is 2.26. The molecular formula is C8H17Cl3O5. The monoisotopic (exact) mass is 298 g/mol. The van der Waals surface area contributed by atoms with E-state index in [4.69, 9.17) is 49.8 Å². The minimum absolute atomic E-state index is 0.250. The summed E-state index contributed by atoms with van der Waals surface area (Å²) in [5, 5.41) is 15.0. The number of hydrogen-bond acceptors (Lipinski definition) is 4. The van der Waals surface area contributed by atoms with Crippen LogP contribution in [0.5, 0.6) is 0 Å². The Labute approximate surface area is 110 Å². The van der Waals surface area contributed by atoms with E-state index in [2.05, 4.69) is 4.74 Å². The molecule has 0 aliphatic rings. The zero-order chi connectivity index (χ0) is 14.0. The van der Waals surface area contributed by atoms with Crippen LogP contribution in [0.3, 0.4) is 0 Å². The number of aliphatic carboxylic acids is 1. The third kappa shape index (κ3) is 717. The number of carboxylic acids is 1. The first kappa shape index (κ1) is 24.8. The molecule has 16 heavy (non-hydrogen) atoms. The highest BCUT2D eigenvalue weighted by Gasteiger charge is 1.78. The first-order valence-corrected chi connectivity index (χ1v) is 5.38. The Hall–Kier alpha value is -0.230. The summed E-state index contributed by atoms with van der Waals surface area (Å²) in [6.07, 6.45) is 0. The lowest BCUT2D eigenvalue weighted by molar-refractivity contribution is -0.134. The molecule has 0 spiro atoms. The van der Waals surface area contributed by atoms with Gasteiger partial charge in [-0.05, 0) is 13.8 Å². The van der Waals surface area contributed by atoms with Crippen LogP contribution in [0.4, 0.5) is 0 Å². The van der Waals surface area contributed by atoms with Crippen LogP contribution in [0.1, 0.15) is 20.8 Å². The van der Waals surface area contributed by atoms with Crippen LogP contribution in [-0.2, 0) is 14.3 Å². The van der Waals surface area contributed by atoms with Crippen LogP contribution >= 0.6 is 34.8 Å². The van der Waals surface area contributed by atoms with Crippen LogP contribution in [0.15, 0.2) is 0 Å². The van der Waals surface area contributed by atoms with Crippen molar-refractivity contribution in [2.45, 2.75) is 25.1 Å². The molecule has 0 aliphatic carbocycles. The SMILES string of the molecule is CC(=O)O.CCO.CCOC=O.ClC(Cl)Cl. The average Bonchev–Trinajstić information content (AvgIpc) is 2.04. The molecule has 100 valence electrons. The Bertz CT molecular complexity index is 126. The smallest absolute Gasteiger partial charge is 0.300 e. The number of aliphatic hydroxyl groups excluding tert-OH is 1. The first-order valence-electron chi connectivity index (χ1n) is 4.07. The summed E-state index contributed by atoms with van der Waals surface area (Å²) in [6, 6.07) is 0. The molecule has 0 rings (SSSR count). The van der Waals surface area contributed by atoms with E-state index in [1.54, 1.807) is 13.8 Å². The normalized spacial score (nSPS) is 7.00. The molecule has 0 amide bonds. The first-order chi connectivity index (χ1) is 7.29. The van der Waals surface area contributed by atoms with E-state index < -0.39 is 10.3 Å². The number of hydrogen-bond donors (Lipinski definition) is 2. The Balaban J connectivity index is -0.0000000610. The summed E-state index contributed by atoms with van der Waals surface area (Å²) in [7, 11) is 0. The fourth-order valence-corrected chi connectivity index (χ4v) is 0.0680. The molecule has 0 aromatic heterocycles. The third-order valence-electron chi connectivity index (χ3n) is 0.235. The lowest BCUT2D eigenvalue weighted by Gasteiger charge is -1.79. The van der Waals surface area contributed by atoms with Gasteiger partial charge in [-0.2, -0.15) is 0 Å². The number of halogens is 3. The second kappa shape index (κ2) is 29.3. The molecule has 0 heterocycles. The van der Waals surface area contributed by atoms with Gasteiger partial charge in [-0.15, -0.1) is 0 Å². The number of rotatable bonds is 2. The van der Waals surface area contributed by atoms with Gasteiger partial charge < -0.3 is 14.9 Å². The van der Waals surface area contributed by atoms with E-state index in [0.29, 0.717) is 13.1 Å². The van der Waals surface area contributed by atoms with Crippen molar-refractivity contribution < 1.29 is 24.5 Å². The minimum Gasteiger partial charge on any atom is -0.481 e. The standard InChI is InChI=1S/C3H6O2.C2H4O2.C2H6O.CHCl3/c1-2-5-3-4;1-2(3)4;1-2-3;2-1(3)4/h3H,2H2,1H3;1H3,(H,3,4);3H,2H2,1H3;1H. The van der Waals surface area contributed by atoms with Crippen molar-refractivity contribution in [3.8, 4) is 0 Å². The fraction of sp³-hybridized carbons (Fsp3) is 0.750. The molecule has 0 unspecified atom stereocenters. The lowest BCUT2D eigenvalue weighted by Crippen LogP contribution is -1.80. The van der Waals surface area contributed by atoms with Crippen molar-refractivity contribution in [2.75, 3.05) is 13.2 Å². The molecule has 0 saturated heterocycles. The highest BCUT2D eigenvalue weighted by atomic mass is 35.6. The minimum atomic E-state index is -0.833. The Morgan fingerprint density at radius 2 is 1.56 bits per heavy atom. The maximum atomic E-state index is 9.18. The van der Waals surface area contributed by atoms with Gasteiger partial charge >= 0.3 is 0 Å². The topological polar surface area (TPSA) is 83.8 Å². The van der Waals surface area contributed by atoms with Gasteiger partial charge in [0.15, 0.2) is 4.30 Å². The van der Waals surface area contributed by atoms with E-state index in [9.17, 15) is 4.79 Å². The summed E-state index contributed by atoms with van der Waals surface area (Å²) in [4.78, 5) is 18.2. The number of carbonyl (C=O) groups excluding carboxylic acids is 1. The van der Waals surface area contributed by atoms with Crippen LogP contribution in [0, 0.1) is 0 Å². The largest absolute Gasteiger partial charge is 0.481 e. The predicted molar refractivity (Wildman–Crippen MR) is 65.1 cm³/mol. The van der Waals surface area contributed by atoms with Gasteiger partial charge in [0.25, 0.3) is 12.4 Å². The van der Waals surface area contributed by atoms with Gasteiger partial charge in [0.1, 0.15) is 0 Å². The van der Waals surface area contributed by atoms with Crippen molar-refractivity contribution in [3.05, 3.63) is 0 Å². The zero-order valence-corrected chi connectivity index (χ0v) is 11.6. The molecule has 0 radical (unpaired) electrons. The van der Waals surface area contributed by atoms with Crippen molar-refractivity contribution >= 4 is 47.2 Å². The quantitative estimate of drug-likeness (QED) is 0.603. The second-order valence-electron chi connectivity index (χ2n) is 1.63. The van der Waals surface area contributed by atoms with Crippen molar-refractivity contribution in [2.24, 2.45) is 0 Å². The summed E-state index contributed by atoms with van der Waals surface area (Å²) >= 11 is 14.4. The van der Waals surface area contributed by atoms with Gasteiger partial charge in [0.05, 0.1) is 6.61 Å². The molecule has 0 saturated carbocycles. The molecule has 0 aromatic carbocycles. The van der Waals surface area contributed by atoms with Gasteiger partial charge in [-0.3, -0.25) is 9.59 Å². The molecule has 0 aliphatic heterocycles. The molecule has 0 aromatic rings. The Morgan fingerprint density at radius 1 is 1.38 bits per heavy atom. The lowest BCUT2D eigenvalue weighted by atomic mass is 10.9. The van der Waals surface area contributed by atoms with E-state index in [0.717, 1.165) is 6.92 Å². The van der Waals surface area contributed by atoms with Crippen LogP contribution in [0.2, 0.25) is 0 Å². The van der Waals surface area contributed by atoms with Gasteiger partial charge in [-0.1, -0.05) is 34.8 Å². The highest BCUT2D eigenvalue weighted by molar-refractivity contribution is 6.63. The van der Waals surface area contributed by atoms with Crippen molar-refractivity contribution in [1.82, 2.24) is 0 Å². The number of alkyl halides is 3. The number of carbonyl (C=O) groups is 2. The third-order valence-corrected chi connectivity index (χ3v) is 0.235. The maximum absolute atomic E-state index is 9.18. The number of ether oxygens (including phenoxy) is 1. The molecule has 5 nitrogen and oxygen atoms in total. The van der Waals surface area contributed by atoms with E-state index in [1.165, 1.54) is 0 Å². The zero-order valence-electron chi connectivity index (χ0n) is 9.32. The second-order valence-corrected chi connectivity index (χ2v) is 3.61. The number of carboxylic acid groups (broad SMARTS) is 1. The summed E-state index contributed by atoms with van der Waals surface area (Å²) < 4.78 is 3.40. The van der Waals surface area contributed by atoms with Crippen LogP contribution in [0.25, 0.3) is 0 Å².